The normalized spacial score (nSPS) is 13.9. The zero-order valence-electron chi connectivity index (χ0n) is 12.7. The summed E-state index contributed by atoms with van der Waals surface area (Å²) in [4.78, 5) is 13.5. The molecule has 1 saturated carbocycles. The van der Waals surface area contributed by atoms with Gasteiger partial charge in [0.05, 0.1) is 11.6 Å². The van der Waals surface area contributed by atoms with E-state index in [9.17, 15) is 9.18 Å². The van der Waals surface area contributed by atoms with Gasteiger partial charge in [-0.1, -0.05) is 28.9 Å². The second-order valence-corrected chi connectivity index (χ2v) is 6.13. The molecule has 1 N–H and O–H groups in total. The monoisotopic (exact) mass is 337 g/mol. The predicted molar refractivity (Wildman–Crippen MR) is 83.6 cm³/mol. The van der Waals surface area contributed by atoms with Crippen LogP contribution in [0.4, 0.5) is 9.18 Å². The van der Waals surface area contributed by atoms with Crippen LogP contribution in [0, 0.1) is 5.82 Å². The van der Waals surface area contributed by atoms with Gasteiger partial charge in [0.2, 0.25) is 0 Å². The molecular weight excluding hydrogens is 321 g/mol. The minimum absolute atomic E-state index is 0.0420. The third kappa shape index (κ3) is 3.82. The number of hydrogen-bond donors (Lipinski definition) is 1. The summed E-state index contributed by atoms with van der Waals surface area (Å²) in [5.41, 5.74) is 1.05. The molecule has 0 spiro atoms. The highest BCUT2D eigenvalue weighted by Gasteiger charge is 2.28. The van der Waals surface area contributed by atoms with Crippen LogP contribution in [-0.4, -0.2) is 23.1 Å². The van der Waals surface area contributed by atoms with Crippen LogP contribution in [0.1, 0.15) is 35.8 Å². The Morgan fingerprint density at radius 3 is 3.04 bits per heavy atom. The fourth-order valence-corrected chi connectivity index (χ4v) is 2.46. The van der Waals surface area contributed by atoms with E-state index in [-0.39, 0.29) is 17.6 Å². The molecule has 1 aromatic carbocycles. The van der Waals surface area contributed by atoms with E-state index in [1.54, 1.807) is 19.2 Å². The standard InChI is InChI=1S/C16H17ClFN3O2/c1-21(9-12-7-14(23-20-12)10-5-6-10)16(22)19-8-11-3-2-4-13(17)15(11)18/h2-4,7,10H,5-6,8-9H2,1H3,(H,19,22). The smallest absolute Gasteiger partial charge is 0.317 e. The summed E-state index contributed by atoms with van der Waals surface area (Å²) in [5, 5.41) is 6.67. The van der Waals surface area contributed by atoms with E-state index in [0.29, 0.717) is 23.7 Å². The highest BCUT2D eigenvalue weighted by molar-refractivity contribution is 6.30. The molecule has 1 aliphatic carbocycles. The number of amides is 2. The quantitative estimate of drug-likeness (QED) is 0.905. The number of carbonyl (C=O) groups excluding carboxylic acids is 1. The predicted octanol–water partition coefficient (Wildman–Crippen LogP) is 3.69. The Hall–Kier alpha value is -2.08. The minimum Gasteiger partial charge on any atom is -0.361 e. The molecule has 0 unspecified atom stereocenters. The second kappa shape index (κ2) is 6.58. The lowest BCUT2D eigenvalue weighted by Gasteiger charge is -2.16. The van der Waals surface area contributed by atoms with Crippen molar-refractivity contribution in [3.05, 3.63) is 52.1 Å². The van der Waals surface area contributed by atoms with Gasteiger partial charge in [-0.05, 0) is 18.9 Å². The Balaban J connectivity index is 1.53. The largest absolute Gasteiger partial charge is 0.361 e. The number of rotatable bonds is 5. The Bertz CT molecular complexity index is 715. The maximum absolute atomic E-state index is 13.8. The van der Waals surface area contributed by atoms with E-state index in [4.69, 9.17) is 16.1 Å². The third-order valence-electron chi connectivity index (χ3n) is 3.76. The minimum atomic E-state index is -0.511. The molecular formula is C16H17ClFN3O2. The lowest BCUT2D eigenvalue weighted by molar-refractivity contribution is 0.205. The number of aromatic nitrogens is 1. The molecule has 3 rings (SSSR count). The van der Waals surface area contributed by atoms with Gasteiger partial charge in [-0.15, -0.1) is 0 Å². The zero-order chi connectivity index (χ0) is 16.4. The van der Waals surface area contributed by atoms with Gasteiger partial charge in [-0.3, -0.25) is 0 Å². The van der Waals surface area contributed by atoms with E-state index in [1.807, 2.05) is 6.07 Å². The van der Waals surface area contributed by atoms with Crippen LogP contribution in [0.15, 0.2) is 28.8 Å². The van der Waals surface area contributed by atoms with Crippen molar-refractivity contribution >= 4 is 17.6 Å². The number of nitrogens with zero attached hydrogens (tertiary/aromatic N) is 2. The summed E-state index contributed by atoms with van der Waals surface area (Å²) in [7, 11) is 1.65. The van der Waals surface area contributed by atoms with Crippen molar-refractivity contribution in [3.63, 3.8) is 0 Å². The van der Waals surface area contributed by atoms with Crippen molar-refractivity contribution < 1.29 is 13.7 Å². The third-order valence-corrected chi connectivity index (χ3v) is 4.06. The first kappa shape index (κ1) is 15.8. The SMILES string of the molecule is CN(Cc1cc(C2CC2)on1)C(=O)NCc1cccc(Cl)c1F. The highest BCUT2D eigenvalue weighted by Crippen LogP contribution is 2.40. The molecule has 0 aliphatic heterocycles. The summed E-state index contributed by atoms with van der Waals surface area (Å²) in [6.07, 6.45) is 2.27. The Morgan fingerprint density at radius 2 is 2.30 bits per heavy atom. The van der Waals surface area contributed by atoms with Gasteiger partial charge in [0.25, 0.3) is 0 Å². The van der Waals surface area contributed by atoms with E-state index >= 15 is 0 Å². The number of urea groups is 1. The summed E-state index contributed by atoms with van der Waals surface area (Å²) in [5.74, 6) is 0.860. The van der Waals surface area contributed by atoms with Gasteiger partial charge in [0, 0.05) is 31.1 Å². The Morgan fingerprint density at radius 1 is 1.52 bits per heavy atom. The average molecular weight is 338 g/mol. The molecule has 1 fully saturated rings. The van der Waals surface area contributed by atoms with Crippen molar-refractivity contribution in [1.29, 1.82) is 0 Å². The van der Waals surface area contributed by atoms with Crippen molar-refractivity contribution in [2.45, 2.75) is 31.8 Å². The molecule has 2 aromatic rings. The fraction of sp³-hybridized carbons (Fsp3) is 0.375. The van der Waals surface area contributed by atoms with Gasteiger partial charge >= 0.3 is 6.03 Å². The number of halogens is 2. The van der Waals surface area contributed by atoms with Crippen LogP contribution >= 0.6 is 11.6 Å². The van der Waals surface area contributed by atoms with E-state index in [2.05, 4.69) is 10.5 Å². The maximum Gasteiger partial charge on any atom is 0.317 e. The van der Waals surface area contributed by atoms with Gasteiger partial charge in [-0.2, -0.15) is 0 Å². The average Bonchev–Trinajstić information content (AvgIpc) is 3.28. The van der Waals surface area contributed by atoms with Gasteiger partial charge in [0.1, 0.15) is 17.3 Å². The Labute approximate surface area is 138 Å². The van der Waals surface area contributed by atoms with Gasteiger partial charge in [0.15, 0.2) is 0 Å². The summed E-state index contributed by atoms with van der Waals surface area (Å²) < 4.78 is 19.0. The number of carbonyl (C=O) groups is 1. The number of benzene rings is 1. The molecule has 0 atom stereocenters. The van der Waals surface area contributed by atoms with Crippen LogP contribution < -0.4 is 5.32 Å². The van der Waals surface area contributed by atoms with E-state index in [1.165, 1.54) is 11.0 Å². The molecule has 0 bridgehead atoms. The van der Waals surface area contributed by atoms with Crippen molar-refractivity contribution in [3.8, 4) is 0 Å². The van der Waals surface area contributed by atoms with Crippen LogP contribution in [-0.2, 0) is 13.1 Å². The second-order valence-electron chi connectivity index (χ2n) is 5.72. The van der Waals surface area contributed by atoms with Crippen molar-refractivity contribution in [2.24, 2.45) is 0 Å². The van der Waals surface area contributed by atoms with Crippen LogP contribution in [0.25, 0.3) is 0 Å². The molecule has 0 radical (unpaired) electrons. The Kier molecular flexibility index (Phi) is 4.52. The zero-order valence-corrected chi connectivity index (χ0v) is 13.4. The van der Waals surface area contributed by atoms with E-state index < -0.39 is 5.82 Å². The number of nitrogens with one attached hydrogen (secondary N) is 1. The number of hydrogen-bond acceptors (Lipinski definition) is 3. The van der Waals surface area contributed by atoms with Crippen LogP contribution in [0.5, 0.6) is 0 Å². The van der Waals surface area contributed by atoms with Crippen molar-refractivity contribution in [1.82, 2.24) is 15.4 Å². The lowest BCUT2D eigenvalue weighted by Crippen LogP contribution is -2.36. The first-order valence-corrected chi connectivity index (χ1v) is 7.79. The van der Waals surface area contributed by atoms with Crippen LogP contribution in [0.3, 0.4) is 0 Å². The van der Waals surface area contributed by atoms with E-state index in [0.717, 1.165) is 18.6 Å². The topological polar surface area (TPSA) is 58.4 Å². The molecule has 23 heavy (non-hydrogen) atoms. The van der Waals surface area contributed by atoms with Crippen LogP contribution in [0.2, 0.25) is 5.02 Å². The molecule has 0 saturated heterocycles. The van der Waals surface area contributed by atoms with Gasteiger partial charge < -0.3 is 14.7 Å². The summed E-state index contributed by atoms with van der Waals surface area (Å²) >= 11 is 5.72. The molecule has 2 amide bonds. The first-order chi connectivity index (χ1) is 11.0. The molecule has 122 valence electrons. The fourth-order valence-electron chi connectivity index (χ4n) is 2.27. The summed E-state index contributed by atoms with van der Waals surface area (Å²) in [6, 6.07) is 6.27. The lowest BCUT2D eigenvalue weighted by atomic mass is 10.2. The molecule has 1 aromatic heterocycles. The molecule has 1 heterocycles. The summed E-state index contributed by atoms with van der Waals surface area (Å²) in [6.45, 7) is 0.405. The first-order valence-electron chi connectivity index (χ1n) is 7.42. The highest BCUT2D eigenvalue weighted by atomic mass is 35.5. The maximum atomic E-state index is 13.8. The molecule has 5 nitrogen and oxygen atoms in total. The van der Waals surface area contributed by atoms with Gasteiger partial charge in [-0.25, -0.2) is 9.18 Å². The molecule has 7 heteroatoms. The molecule has 1 aliphatic rings. The van der Waals surface area contributed by atoms with Crippen molar-refractivity contribution in [2.75, 3.05) is 7.05 Å².